The van der Waals surface area contributed by atoms with Gasteiger partial charge in [0.05, 0.1) is 6.10 Å². The Morgan fingerprint density at radius 1 is 1.22 bits per heavy atom. The Labute approximate surface area is 108 Å². The van der Waals surface area contributed by atoms with Gasteiger partial charge in [-0.25, -0.2) is 4.39 Å². The van der Waals surface area contributed by atoms with Crippen molar-refractivity contribution in [3.05, 3.63) is 35.6 Å². The maximum absolute atomic E-state index is 12.8. The van der Waals surface area contributed by atoms with E-state index in [9.17, 15) is 9.50 Å². The summed E-state index contributed by atoms with van der Waals surface area (Å²) in [6.45, 7) is 0.621. The lowest BCUT2D eigenvalue weighted by Crippen LogP contribution is -2.36. The van der Waals surface area contributed by atoms with E-state index in [4.69, 9.17) is 0 Å². The van der Waals surface area contributed by atoms with Gasteiger partial charge >= 0.3 is 0 Å². The van der Waals surface area contributed by atoms with Gasteiger partial charge in [-0.05, 0) is 37.6 Å². The topological polar surface area (TPSA) is 23.5 Å². The number of halogens is 1. The van der Waals surface area contributed by atoms with Crippen LogP contribution in [0.15, 0.2) is 24.3 Å². The fourth-order valence-electron chi connectivity index (χ4n) is 2.73. The van der Waals surface area contributed by atoms with Crippen LogP contribution in [0.25, 0.3) is 0 Å². The molecule has 2 rings (SSSR count). The highest BCUT2D eigenvalue weighted by molar-refractivity contribution is 5.18. The van der Waals surface area contributed by atoms with Crippen molar-refractivity contribution in [2.24, 2.45) is 0 Å². The van der Waals surface area contributed by atoms with E-state index >= 15 is 0 Å². The molecule has 0 spiro atoms. The number of benzene rings is 1. The van der Waals surface area contributed by atoms with Gasteiger partial charge in [0, 0.05) is 12.6 Å². The second-order valence-electron chi connectivity index (χ2n) is 5.30. The number of hydrogen-bond donors (Lipinski definition) is 1. The minimum atomic E-state index is -0.530. The zero-order valence-electron chi connectivity index (χ0n) is 11.0. The molecule has 0 aromatic heterocycles. The molecule has 100 valence electrons. The third kappa shape index (κ3) is 3.53. The molecule has 1 saturated carbocycles. The molecular weight excluding hydrogens is 229 g/mol. The molecule has 0 bridgehead atoms. The molecule has 1 aliphatic rings. The van der Waals surface area contributed by atoms with E-state index in [0.717, 1.165) is 5.56 Å². The minimum Gasteiger partial charge on any atom is -0.387 e. The summed E-state index contributed by atoms with van der Waals surface area (Å²) in [6, 6.07) is 6.72. The molecule has 1 fully saturated rings. The summed E-state index contributed by atoms with van der Waals surface area (Å²) >= 11 is 0. The van der Waals surface area contributed by atoms with Crippen molar-refractivity contribution in [3.63, 3.8) is 0 Å². The normalized spacial score (nSPS) is 19.1. The Bertz CT molecular complexity index is 359. The van der Waals surface area contributed by atoms with Crippen LogP contribution in [0.1, 0.15) is 43.8 Å². The third-order valence-electron chi connectivity index (χ3n) is 3.91. The summed E-state index contributed by atoms with van der Waals surface area (Å²) in [4.78, 5) is 2.24. The molecule has 0 saturated heterocycles. The first kappa shape index (κ1) is 13.5. The fourth-order valence-corrected chi connectivity index (χ4v) is 2.73. The molecule has 1 aromatic rings. The lowest BCUT2D eigenvalue weighted by Gasteiger charge is -2.32. The predicted molar refractivity (Wildman–Crippen MR) is 70.9 cm³/mol. The van der Waals surface area contributed by atoms with Crippen molar-refractivity contribution >= 4 is 0 Å². The molecule has 1 aliphatic carbocycles. The summed E-state index contributed by atoms with van der Waals surface area (Å²) < 4.78 is 12.8. The van der Waals surface area contributed by atoms with Gasteiger partial charge in [-0.1, -0.05) is 31.4 Å². The van der Waals surface area contributed by atoms with Crippen molar-refractivity contribution in [3.8, 4) is 0 Å². The van der Waals surface area contributed by atoms with E-state index in [1.165, 1.54) is 44.2 Å². The summed E-state index contributed by atoms with van der Waals surface area (Å²) in [6.07, 6.45) is 5.85. The van der Waals surface area contributed by atoms with Gasteiger partial charge in [0.15, 0.2) is 0 Å². The second-order valence-corrected chi connectivity index (χ2v) is 5.30. The van der Waals surface area contributed by atoms with E-state index in [2.05, 4.69) is 11.9 Å². The van der Waals surface area contributed by atoms with E-state index in [-0.39, 0.29) is 5.82 Å². The van der Waals surface area contributed by atoms with Crippen LogP contribution in [-0.2, 0) is 0 Å². The number of aliphatic hydroxyl groups excluding tert-OH is 1. The number of likely N-dealkylation sites (N-methyl/N-ethyl adjacent to an activating group) is 1. The van der Waals surface area contributed by atoms with E-state index in [1.54, 1.807) is 12.1 Å². The lowest BCUT2D eigenvalue weighted by atomic mass is 9.94. The van der Waals surface area contributed by atoms with Crippen LogP contribution in [0.4, 0.5) is 4.39 Å². The Balaban J connectivity index is 1.89. The average Bonchev–Trinajstić information content (AvgIpc) is 2.40. The smallest absolute Gasteiger partial charge is 0.123 e. The molecule has 0 radical (unpaired) electrons. The second kappa shape index (κ2) is 6.30. The maximum Gasteiger partial charge on any atom is 0.123 e. The summed E-state index contributed by atoms with van der Waals surface area (Å²) in [7, 11) is 2.07. The standard InChI is InChI=1S/C15H22FNO/c1-17(14-5-3-2-4-6-14)11-15(18)12-7-9-13(16)10-8-12/h7-10,14-15,18H,2-6,11H2,1H3. The molecule has 3 heteroatoms. The summed E-state index contributed by atoms with van der Waals surface area (Å²) in [5, 5.41) is 10.1. The number of rotatable bonds is 4. The first-order chi connectivity index (χ1) is 8.66. The summed E-state index contributed by atoms with van der Waals surface area (Å²) in [5.41, 5.74) is 0.791. The third-order valence-corrected chi connectivity index (χ3v) is 3.91. The highest BCUT2D eigenvalue weighted by Crippen LogP contribution is 2.23. The Kier molecular flexibility index (Phi) is 4.72. The molecule has 0 heterocycles. The Hall–Kier alpha value is -0.930. The van der Waals surface area contributed by atoms with Crippen molar-refractivity contribution in [2.45, 2.75) is 44.2 Å². The highest BCUT2D eigenvalue weighted by Gasteiger charge is 2.20. The van der Waals surface area contributed by atoms with Gasteiger partial charge in [0.1, 0.15) is 5.82 Å². The number of nitrogens with zero attached hydrogens (tertiary/aromatic N) is 1. The minimum absolute atomic E-state index is 0.258. The van der Waals surface area contributed by atoms with Crippen molar-refractivity contribution in [1.29, 1.82) is 0 Å². The Morgan fingerprint density at radius 2 is 1.83 bits per heavy atom. The molecule has 0 amide bonds. The lowest BCUT2D eigenvalue weighted by molar-refractivity contribution is 0.0914. The van der Waals surface area contributed by atoms with Crippen LogP contribution >= 0.6 is 0 Å². The van der Waals surface area contributed by atoms with E-state index < -0.39 is 6.10 Å². The predicted octanol–water partition coefficient (Wildman–Crippen LogP) is 3.12. The first-order valence-corrected chi connectivity index (χ1v) is 6.80. The SMILES string of the molecule is CN(CC(O)c1ccc(F)cc1)C1CCCCC1. The van der Waals surface area contributed by atoms with Crippen LogP contribution in [0.3, 0.4) is 0 Å². The van der Waals surface area contributed by atoms with Gasteiger partial charge in [-0.3, -0.25) is 0 Å². The molecule has 1 atom stereocenters. The quantitative estimate of drug-likeness (QED) is 0.888. The van der Waals surface area contributed by atoms with Crippen molar-refractivity contribution in [2.75, 3.05) is 13.6 Å². The summed E-state index contributed by atoms with van der Waals surface area (Å²) in [5.74, 6) is -0.258. The number of hydrogen-bond acceptors (Lipinski definition) is 2. The molecule has 1 N–H and O–H groups in total. The van der Waals surface area contributed by atoms with Crippen molar-refractivity contribution < 1.29 is 9.50 Å². The fraction of sp³-hybridized carbons (Fsp3) is 0.600. The van der Waals surface area contributed by atoms with E-state index in [1.807, 2.05) is 0 Å². The highest BCUT2D eigenvalue weighted by atomic mass is 19.1. The maximum atomic E-state index is 12.8. The van der Waals surface area contributed by atoms with Gasteiger partial charge in [0.2, 0.25) is 0 Å². The van der Waals surface area contributed by atoms with Gasteiger partial charge in [0.25, 0.3) is 0 Å². The Morgan fingerprint density at radius 3 is 2.44 bits per heavy atom. The van der Waals surface area contributed by atoms with Gasteiger partial charge in [-0.2, -0.15) is 0 Å². The zero-order chi connectivity index (χ0) is 13.0. The van der Waals surface area contributed by atoms with Crippen LogP contribution in [-0.4, -0.2) is 29.6 Å². The monoisotopic (exact) mass is 251 g/mol. The molecular formula is C15H22FNO. The first-order valence-electron chi connectivity index (χ1n) is 6.80. The van der Waals surface area contributed by atoms with Crippen LogP contribution < -0.4 is 0 Å². The van der Waals surface area contributed by atoms with Crippen LogP contribution in [0, 0.1) is 5.82 Å². The van der Waals surface area contributed by atoms with Crippen LogP contribution in [0.2, 0.25) is 0 Å². The molecule has 1 aromatic carbocycles. The zero-order valence-corrected chi connectivity index (χ0v) is 11.0. The number of aliphatic hydroxyl groups is 1. The molecule has 2 nitrogen and oxygen atoms in total. The van der Waals surface area contributed by atoms with Gasteiger partial charge < -0.3 is 10.0 Å². The van der Waals surface area contributed by atoms with Crippen molar-refractivity contribution in [1.82, 2.24) is 4.90 Å². The largest absolute Gasteiger partial charge is 0.387 e. The molecule has 18 heavy (non-hydrogen) atoms. The molecule has 1 unspecified atom stereocenters. The van der Waals surface area contributed by atoms with E-state index in [0.29, 0.717) is 12.6 Å². The average molecular weight is 251 g/mol. The van der Waals surface area contributed by atoms with Crippen LogP contribution in [0.5, 0.6) is 0 Å². The molecule has 0 aliphatic heterocycles. The van der Waals surface area contributed by atoms with Gasteiger partial charge in [-0.15, -0.1) is 0 Å².